The maximum atomic E-state index is 6.21. The van der Waals surface area contributed by atoms with Crippen molar-refractivity contribution < 1.29 is 0 Å². The third kappa shape index (κ3) is 4.36. The number of nitrogens with zero attached hydrogens (tertiary/aromatic N) is 5. The van der Waals surface area contributed by atoms with Gasteiger partial charge in [0.15, 0.2) is 0 Å². The molecule has 1 aliphatic rings. The monoisotopic (exact) mass is 449 g/mol. The smallest absolute Gasteiger partial charge is 0.252 e. The highest BCUT2D eigenvalue weighted by Crippen LogP contribution is 2.29. The normalized spacial score (nSPS) is 17.3. The molecule has 2 aromatic heterocycles. The SMILES string of the molecule is Cc1cc(C2CCCN(Cc3cc(-c4cccc(Cl)c4)ccc3P)C2)n2ncnc2n1. The number of piperidine rings is 1. The number of hydrogen-bond acceptors (Lipinski definition) is 4. The maximum absolute atomic E-state index is 6.21. The summed E-state index contributed by atoms with van der Waals surface area (Å²) < 4.78 is 1.90. The number of hydrogen-bond donors (Lipinski definition) is 0. The lowest BCUT2D eigenvalue weighted by atomic mass is 9.93. The van der Waals surface area contributed by atoms with E-state index in [0.29, 0.717) is 11.7 Å². The second-order valence-electron chi connectivity index (χ2n) is 8.29. The van der Waals surface area contributed by atoms with Crippen LogP contribution in [-0.4, -0.2) is 37.6 Å². The summed E-state index contributed by atoms with van der Waals surface area (Å²) in [6.07, 6.45) is 3.92. The summed E-state index contributed by atoms with van der Waals surface area (Å²) >= 11 is 6.21. The molecule has 0 radical (unpaired) electrons. The molecule has 0 N–H and O–H groups in total. The van der Waals surface area contributed by atoms with Crippen LogP contribution in [0.3, 0.4) is 0 Å². The van der Waals surface area contributed by atoms with Crippen LogP contribution in [-0.2, 0) is 6.54 Å². The van der Waals surface area contributed by atoms with Crippen molar-refractivity contribution >= 4 is 31.9 Å². The van der Waals surface area contributed by atoms with Gasteiger partial charge >= 0.3 is 0 Å². The van der Waals surface area contributed by atoms with Crippen molar-refractivity contribution in [2.75, 3.05) is 13.1 Å². The molecule has 0 aliphatic carbocycles. The van der Waals surface area contributed by atoms with Gasteiger partial charge in [0.2, 0.25) is 0 Å². The van der Waals surface area contributed by atoms with Crippen molar-refractivity contribution in [1.29, 1.82) is 0 Å². The van der Waals surface area contributed by atoms with Gasteiger partial charge in [-0.1, -0.05) is 35.9 Å². The lowest BCUT2D eigenvalue weighted by molar-refractivity contribution is 0.198. The zero-order valence-corrected chi connectivity index (χ0v) is 19.4. The first-order valence-corrected chi connectivity index (χ1v) is 11.6. The fourth-order valence-corrected chi connectivity index (χ4v) is 4.98. The molecule has 2 unspecified atom stereocenters. The summed E-state index contributed by atoms with van der Waals surface area (Å²) in [7, 11) is 2.89. The molecule has 1 aliphatic heterocycles. The van der Waals surface area contributed by atoms with E-state index in [9.17, 15) is 0 Å². The van der Waals surface area contributed by atoms with Crippen molar-refractivity contribution in [2.45, 2.75) is 32.2 Å². The van der Waals surface area contributed by atoms with Crippen molar-refractivity contribution in [3.8, 4) is 11.1 Å². The molecular weight excluding hydrogens is 425 g/mol. The highest BCUT2D eigenvalue weighted by Gasteiger charge is 2.25. The van der Waals surface area contributed by atoms with Crippen LogP contribution in [0.25, 0.3) is 16.9 Å². The molecule has 31 heavy (non-hydrogen) atoms. The minimum absolute atomic E-state index is 0.420. The Bertz CT molecular complexity index is 1240. The van der Waals surface area contributed by atoms with Crippen LogP contribution in [0, 0.1) is 6.92 Å². The third-order valence-electron chi connectivity index (χ3n) is 6.03. The number of halogens is 1. The Labute approximate surface area is 189 Å². The molecule has 2 aromatic carbocycles. The number of rotatable bonds is 4. The molecule has 0 spiro atoms. The molecule has 0 bridgehead atoms. The van der Waals surface area contributed by atoms with Crippen LogP contribution in [0.4, 0.5) is 0 Å². The molecule has 3 heterocycles. The van der Waals surface area contributed by atoms with Crippen LogP contribution in [0.15, 0.2) is 54.9 Å². The predicted octanol–water partition coefficient (Wildman–Crippen LogP) is 4.63. The average molecular weight is 450 g/mol. The van der Waals surface area contributed by atoms with Crippen LogP contribution in [0.5, 0.6) is 0 Å². The molecule has 2 atom stereocenters. The Kier molecular flexibility index (Phi) is 5.75. The third-order valence-corrected chi connectivity index (χ3v) is 6.82. The molecule has 5 rings (SSSR count). The number of likely N-dealkylation sites (tertiary alicyclic amines) is 1. The maximum Gasteiger partial charge on any atom is 0.252 e. The number of fused-ring (bicyclic) bond motifs is 1. The van der Waals surface area contributed by atoms with E-state index in [1.54, 1.807) is 6.33 Å². The lowest BCUT2D eigenvalue weighted by Crippen LogP contribution is -2.35. The van der Waals surface area contributed by atoms with E-state index < -0.39 is 0 Å². The highest BCUT2D eigenvalue weighted by atomic mass is 35.5. The summed E-state index contributed by atoms with van der Waals surface area (Å²) in [5.41, 5.74) is 5.89. The second kappa shape index (κ2) is 8.66. The predicted molar refractivity (Wildman–Crippen MR) is 129 cm³/mol. The van der Waals surface area contributed by atoms with Crippen LogP contribution in [0.2, 0.25) is 5.02 Å². The Morgan fingerprint density at radius 3 is 2.87 bits per heavy atom. The second-order valence-corrected chi connectivity index (χ2v) is 9.35. The Morgan fingerprint density at radius 2 is 2.00 bits per heavy atom. The molecule has 0 saturated carbocycles. The van der Waals surface area contributed by atoms with E-state index in [2.05, 4.69) is 59.5 Å². The van der Waals surface area contributed by atoms with Crippen molar-refractivity contribution in [3.05, 3.63) is 76.8 Å². The fourth-order valence-electron chi connectivity index (χ4n) is 4.52. The van der Waals surface area contributed by atoms with Crippen LogP contribution >= 0.6 is 20.8 Å². The number of benzene rings is 2. The standard InChI is InChI=1S/C24H25ClN5P/c1-16-10-22(30-24(28-16)26-15-27-30)19-5-3-9-29(13-19)14-20-11-18(7-8-23(20)31)17-4-2-6-21(25)12-17/h2,4,6-8,10-12,15,19H,3,5,9,13-14,31H2,1H3. The van der Waals surface area contributed by atoms with Gasteiger partial charge in [0.1, 0.15) is 6.33 Å². The van der Waals surface area contributed by atoms with E-state index in [0.717, 1.165) is 42.3 Å². The fraction of sp³-hybridized carbons (Fsp3) is 0.292. The molecule has 0 amide bonds. The molecule has 1 saturated heterocycles. The van der Waals surface area contributed by atoms with E-state index in [-0.39, 0.29) is 0 Å². The lowest BCUT2D eigenvalue weighted by Gasteiger charge is -2.33. The molecule has 4 aromatic rings. The van der Waals surface area contributed by atoms with E-state index in [1.807, 2.05) is 29.6 Å². The van der Waals surface area contributed by atoms with Crippen molar-refractivity contribution in [3.63, 3.8) is 0 Å². The van der Waals surface area contributed by atoms with E-state index in [4.69, 9.17) is 11.6 Å². The quantitative estimate of drug-likeness (QED) is 0.426. The van der Waals surface area contributed by atoms with Gasteiger partial charge in [0.25, 0.3) is 5.78 Å². The van der Waals surface area contributed by atoms with E-state index in [1.165, 1.54) is 28.5 Å². The zero-order chi connectivity index (χ0) is 21.4. The molecular formula is C24H25ClN5P. The molecule has 1 fully saturated rings. The minimum Gasteiger partial charge on any atom is -0.298 e. The summed E-state index contributed by atoms with van der Waals surface area (Å²) in [6, 6.07) is 16.9. The largest absolute Gasteiger partial charge is 0.298 e. The first kappa shape index (κ1) is 20.6. The Hall–Kier alpha value is -2.33. The summed E-state index contributed by atoms with van der Waals surface area (Å²) in [5.74, 6) is 1.11. The van der Waals surface area contributed by atoms with Gasteiger partial charge in [-0.2, -0.15) is 10.1 Å². The Balaban J connectivity index is 1.39. The van der Waals surface area contributed by atoms with E-state index >= 15 is 0 Å². The first-order chi connectivity index (χ1) is 15.1. The molecule has 7 heteroatoms. The minimum atomic E-state index is 0.420. The molecule has 5 nitrogen and oxygen atoms in total. The van der Waals surface area contributed by atoms with Gasteiger partial charge in [-0.15, -0.1) is 9.24 Å². The van der Waals surface area contributed by atoms with Gasteiger partial charge in [-0.05, 0) is 72.6 Å². The number of aryl methyl sites for hydroxylation is 1. The van der Waals surface area contributed by atoms with Gasteiger partial charge in [-0.3, -0.25) is 4.90 Å². The average Bonchev–Trinajstić information content (AvgIpc) is 3.23. The van der Waals surface area contributed by atoms with Crippen molar-refractivity contribution in [2.24, 2.45) is 0 Å². The van der Waals surface area contributed by atoms with Crippen molar-refractivity contribution in [1.82, 2.24) is 24.5 Å². The molecule has 158 valence electrons. The van der Waals surface area contributed by atoms with Gasteiger partial charge < -0.3 is 0 Å². The van der Waals surface area contributed by atoms with Gasteiger partial charge in [0, 0.05) is 29.7 Å². The number of aromatic nitrogens is 4. The Morgan fingerprint density at radius 1 is 1.13 bits per heavy atom. The van der Waals surface area contributed by atoms with Gasteiger partial charge in [-0.25, -0.2) is 9.50 Å². The van der Waals surface area contributed by atoms with Crippen LogP contribution < -0.4 is 5.30 Å². The summed E-state index contributed by atoms with van der Waals surface area (Å²) in [4.78, 5) is 11.3. The summed E-state index contributed by atoms with van der Waals surface area (Å²) in [5, 5.41) is 6.43. The summed E-state index contributed by atoms with van der Waals surface area (Å²) in [6.45, 7) is 5.06. The first-order valence-electron chi connectivity index (χ1n) is 10.6. The zero-order valence-electron chi connectivity index (χ0n) is 17.5. The van der Waals surface area contributed by atoms with Crippen LogP contribution in [0.1, 0.15) is 35.7 Å². The topological polar surface area (TPSA) is 46.3 Å². The van der Waals surface area contributed by atoms with Gasteiger partial charge in [0.05, 0.1) is 5.69 Å². The highest BCUT2D eigenvalue weighted by molar-refractivity contribution is 7.27.